The van der Waals surface area contributed by atoms with Crippen molar-refractivity contribution in [2.24, 2.45) is 0 Å². The molecular weight excluding hydrogens is 442 g/mol. The fourth-order valence-corrected chi connectivity index (χ4v) is 4.57. The molecular formula is C24H25N3O5S. The highest BCUT2D eigenvalue weighted by atomic mass is 32.1. The Morgan fingerprint density at radius 2 is 1.94 bits per heavy atom. The van der Waals surface area contributed by atoms with Crippen LogP contribution in [0.2, 0.25) is 0 Å². The summed E-state index contributed by atoms with van der Waals surface area (Å²) in [4.78, 5) is 23.1. The van der Waals surface area contributed by atoms with Crippen LogP contribution in [0, 0.1) is 6.92 Å². The first-order valence-electron chi connectivity index (χ1n) is 10.4. The van der Waals surface area contributed by atoms with Crippen LogP contribution in [0.5, 0.6) is 5.88 Å². The van der Waals surface area contributed by atoms with Gasteiger partial charge >= 0.3 is 0 Å². The average Bonchev–Trinajstić information content (AvgIpc) is 3.45. The van der Waals surface area contributed by atoms with E-state index in [1.165, 1.54) is 11.3 Å². The molecule has 1 aromatic carbocycles. The number of fused-ring (bicyclic) bond motifs is 1. The van der Waals surface area contributed by atoms with Gasteiger partial charge in [-0.1, -0.05) is 24.3 Å². The van der Waals surface area contributed by atoms with E-state index < -0.39 is 0 Å². The zero-order valence-electron chi connectivity index (χ0n) is 18.7. The number of furan rings is 1. The van der Waals surface area contributed by atoms with Gasteiger partial charge in [0.05, 0.1) is 30.2 Å². The van der Waals surface area contributed by atoms with Gasteiger partial charge in [0.2, 0.25) is 5.88 Å². The number of carbonyl (C=O) groups excluding carboxylic acids is 1. The lowest BCUT2D eigenvalue weighted by molar-refractivity contribution is 0.0928. The van der Waals surface area contributed by atoms with Gasteiger partial charge in [-0.25, -0.2) is 4.98 Å². The van der Waals surface area contributed by atoms with Gasteiger partial charge in [0.25, 0.3) is 5.91 Å². The third kappa shape index (κ3) is 5.39. The molecule has 0 unspecified atom stereocenters. The summed E-state index contributed by atoms with van der Waals surface area (Å²) in [6.07, 6.45) is 1.63. The van der Waals surface area contributed by atoms with Crippen LogP contribution in [-0.4, -0.2) is 30.1 Å². The van der Waals surface area contributed by atoms with Crippen LogP contribution in [-0.2, 0) is 35.8 Å². The van der Waals surface area contributed by atoms with Crippen molar-refractivity contribution in [2.75, 3.05) is 14.2 Å². The van der Waals surface area contributed by atoms with Crippen LogP contribution in [0.25, 0.3) is 10.2 Å². The van der Waals surface area contributed by atoms with Crippen molar-refractivity contribution in [2.45, 2.75) is 33.3 Å². The van der Waals surface area contributed by atoms with Crippen molar-refractivity contribution in [3.05, 3.63) is 75.8 Å². The summed E-state index contributed by atoms with van der Waals surface area (Å²) in [6, 6.07) is 11.6. The van der Waals surface area contributed by atoms with E-state index in [9.17, 15) is 4.79 Å². The maximum absolute atomic E-state index is 13.0. The molecule has 3 aromatic heterocycles. The summed E-state index contributed by atoms with van der Waals surface area (Å²) in [6.45, 7) is 3.42. The van der Waals surface area contributed by atoms with Gasteiger partial charge in [-0.2, -0.15) is 4.98 Å². The number of aromatic nitrogens is 2. The smallest absolute Gasteiger partial charge is 0.261 e. The first-order chi connectivity index (χ1) is 16.1. The van der Waals surface area contributed by atoms with Crippen molar-refractivity contribution < 1.29 is 23.4 Å². The molecule has 0 spiro atoms. The number of hydrogen-bond acceptors (Lipinski definition) is 8. The highest BCUT2D eigenvalue weighted by Crippen LogP contribution is 2.35. The lowest BCUT2D eigenvalue weighted by atomic mass is 10.1. The predicted molar refractivity (Wildman–Crippen MR) is 124 cm³/mol. The van der Waals surface area contributed by atoms with Gasteiger partial charge in [0.15, 0.2) is 5.82 Å². The number of nitrogens with zero attached hydrogens (tertiary/aromatic N) is 2. The normalized spacial score (nSPS) is 11.1. The zero-order valence-corrected chi connectivity index (χ0v) is 19.5. The number of aryl methyl sites for hydroxylation is 1. The standard InChI is InChI=1S/C24H25N3O5S/c1-15-20-23(30-3)26-19(14-29-2)27-24(20)33-21(15)22(28)25-11-16-6-4-7-17(10-16)12-31-13-18-8-5-9-32-18/h4-10H,11-14H2,1-3H3,(H,25,28). The Bertz CT molecular complexity index is 1240. The molecule has 1 N–H and O–H groups in total. The Morgan fingerprint density at radius 1 is 1.09 bits per heavy atom. The molecule has 9 heteroatoms. The van der Waals surface area contributed by atoms with E-state index in [1.807, 2.05) is 43.3 Å². The molecule has 33 heavy (non-hydrogen) atoms. The quantitative estimate of drug-likeness (QED) is 0.369. The van der Waals surface area contributed by atoms with Crippen molar-refractivity contribution in [1.82, 2.24) is 15.3 Å². The number of hydrogen-bond donors (Lipinski definition) is 1. The molecule has 172 valence electrons. The molecule has 0 fully saturated rings. The minimum atomic E-state index is -0.162. The van der Waals surface area contributed by atoms with Crippen molar-refractivity contribution in [1.29, 1.82) is 0 Å². The molecule has 0 aliphatic carbocycles. The van der Waals surface area contributed by atoms with Crippen molar-refractivity contribution in [3.63, 3.8) is 0 Å². The number of methoxy groups -OCH3 is 2. The van der Waals surface area contributed by atoms with E-state index in [0.717, 1.165) is 27.8 Å². The molecule has 8 nitrogen and oxygen atoms in total. The highest BCUT2D eigenvalue weighted by molar-refractivity contribution is 7.20. The summed E-state index contributed by atoms with van der Waals surface area (Å²) in [7, 11) is 3.14. The van der Waals surface area contributed by atoms with Crippen LogP contribution in [0.1, 0.15) is 37.9 Å². The number of rotatable bonds is 10. The Labute approximate surface area is 195 Å². The molecule has 4 aromatic rings. The fraction of sp³-hybridized carbons (Fsp3) is 0.292. The zero-order chi connectivity index (χ0) is 23.2. The number of ether oxygens (including phenoxy) is 3. The van der Waals surface area contributed by atoms with E-state index in [1.54, 1.807) is 20.5 Å². The van der Waals surface area contributed by atoms with Crippen LogP contribution in [0.4, 0.5) is 0 Å². The first kappa shape index (κ1) is 22.9. The molecule has 0 radical (unpaired) electrons. The van der Waals surface area contributed by atoms with Gasteiger partial charge in [0, 0.05) is 13.7 Å². The lowest BCUT2D eigenvalue weighted by Gasteiger charge is -2.08. The van der Waals surface area contributed by atoms with Crippen LogP contribution in [0.3, 0.4) is 0 Å². The molecule has 0 aliphatic heterocycles. The largest absolute Gasteiger partial charge is 0.480 e. The molecule has 0 saturated heterocycles. The van der Waals surface area contributed by atoms with Gasteiger partial charge in [0.1, 0.15) is 23.8 Å². The summed E-state index contributed by atoms with van der Waals surface area (Å²) in [5, 5.41) is 3.75. The Hall–Kier alpha value is -3.27. The Balaban J connectivity index is 1.42. The SMILES string of the molecule is COCc1nc(OC)c2c(C)c(C(=O)NCc3cccc(COCc4ccco4)c3)sc2n1. The summed E-state index contributed by atoms with van der Waals surface area (Å²) in [5.41, 5.74) is 2.81. The maximum atomic E-state index is 13.0. The fourth-order valence-electron chi connectivity index (χ4n) is 3.46. The Morgan fingerprint density at radius 3 is 2.70 bits per heavy atom. The number of thiophene rings is 1. The summed E-state index contributed by atoms with van der Waals surface area (Å²) >= 11 is 1.32. The average molecular weight is 468 g/mol. The number of amides is 1. The van der Waals surface area contributed by atoms with E-state index >= 15 is 0 Å². The molecule has 1 amide bonds. The monoisotopic (exact) mass is 467 g/mol. The van der Waals surface area contributed by atoms with E-state index in [2.05, 4.69) is 15.3 Å². The molecule has 3 heterocycles. The van der Waals surface area contributed by atoms with Crippen LogP contribution < -0.4 is 10.1 Å². The van der Waals surface area contributed by atoms with Crippen LogP contribution >= 0.6 is 11.3 Å². The minimum absolute atomic E-state index is 0.162. The first-order valence-corrected chi connectivity index (χ1v) is 11.2. The number of nitrogens with one attached hydrogen (secondary N) is 1. The molecule has 0 atom stereocenters. The van der Waals surface area contributed by atoms with Gasteiger partial charge in [-0.05, 0) is 35.7 Å². The van der Waals surface area contributed by atoms with Crippen LogP contribution in [0.15, 0.2) is 47.1 Å². The summed E-state index contributed by atoms with van der Waals surface area (Å²) < 4.78 is 21.5. The van der Waals surface area contributed by atoms with Crippen molar-refractivity contribution >= 4 is 27.5 Å². The molecule has 0 aliphatic rings. The highest BCUT2D eigenvalue weighted by Gasteiger charge is 2.21. The number of carbonyl (C=O) groups is 1. The molecule has 0 saturated carbocycles. The number of benzene rings is 1. The third-order valence-corrected chi connectivity index (χ3v) is 6.20. The van der Waals surface area contributed by atoms with Gasteiger partial charge < -0.3 is 23.9 Å². The van der Waals surface area contributed by atoms with E-state index in [4.69, 9.17) is 18.6 Å². The predicted octanol–water partition coefficient (Wildman–Crippen LogP) is 4.39. The second kappa shape index (κ2) is 10.6. The van der Waals surface area contributed by atoms with E-state index in [-0.39, 0.29) is 12.5 Å². The van der Waals surface area contributed by atoms with E-state index in [0.29, 0.717) is 41.2 Å². The second-order valence-electron chi connectivity index (χ2n) is 7.39. The lowest BCUT2D eigenvalue weighted by Crippen LogP contribution is -2.22. The minimum Gasteiger partial charge on any atom is -0.480 e. The van der Waals surface area contributed by atoms with Crippen molar-refractivity contribution in [3.8, 4) is 5.88 Å². The van der Waals surface area contributed by atoms with Gasteiger partial charge in [-0.3, -0.25) is 4.79 Å². The van der Waals surface area contributed by atoms with Gasteiger partial charge in [-0.15, -0.1) is 11.3 Å². The summed E-state index contributed by atoms with van der Waals surface area (Å²) in [5.74, 6) is 1.58. The maximum Gasteiger partial charge on any atom is 0.261 e. The second-order valence-corrected chi connectivity index (χ2v) is 8.39. The third-order valence-electron chi connectivity index (χ3n) is 5.01. The topological polar surface area (TPSA) is 95.7 Å². The molecule has 0 bridgehead atoms. The Kier molecular flexibility index (Phi) is 7.33. The molecule has 4 rings (SSSR count).